The molecule has 0 unspecified atom stereocenters. The van der Waals surface area contributed by atoms with E-state index in [9.17, 15) is 9.59 Å². The molecule has 2 atom stereocenters. The zero-order valence-corrected chi connectivity index (χ0v) is 17.7. The normalized spacial score (nSPS) is 29.3. The average Bonchev–Trinajstić information content (AvgIpc) is 2.82. The molecule has 0 radical (unpaired) electrons. The van der Waals surface area contributed by atoms with Gasteiger partial charge in [-0.1, -0.05) is 26.7 Å². The molecule has 27 heavy (non-hydrogen) atoms. The van der Waals surface area contributed by atoms with Crippen molar-refractivity contribution in [1.82, 2.24) is 9.80 Å². The maximum absolute atomic E-state index is 13.1. The van der Waals surface area contributed by atoms with Crippen molar-refractivity contribution >= 4 is 11.8 Å². The molecule has 0 bridgehead atoms. The lowest BCUT2D eigenvalue weighted by Crippen LogP contribution is -2.40. The van der Waals surface area contributed by atoms with Gasteiger partial charge in [0.15, 0.2) is 0 Å². The quantitative estimate of drug-likeness (QED) is 0.718. The average molecular weight is 377 g/mol. The van der Waals surface area contributed by atoms with Gasteiger partial charge in [0.25, 0.3) is 0 Å². The summed E-state index contributed by atoms with van der Waals surface area (Å²) in [5.41, 5.74) is -0.0655. The first-order valence-corrected chi connectivity index (χ1v) is 11.5. The topological polar surface area (TPSA) is 40.6 Å². The summed E-state index contributed by atoms with van der Waals surface area (Å²) >= 11 is 0. The van der Waals surface area contributed by atoms with Crippen molar-refractivity contribution < 1.29 is 9.59 Å². The zero-order chi connectivity index (χ0) is 19.3. The molecule has 0 N–H and O–H groups in total. The van der Waals surface area contributed by atoms with Gasteiger partial charge in [-0.2, -0.15) is 0 Å². The molecular formula is C23H40N2O2. The van der Waals surface area contributed by atoms with Crippen molar-refractivity contribution in [2.75, 3.05) is 26.2 Å². The summed E-state index contributed by atoms with van der Waals surface area (Å²) < 4.78 is 0. The van der Waals surface area contributed by atoms with Crippen LogP contribution in [-0.4, -0.2) is 47.8 Å². The van der Waals surface area contributed by atoms with Gasteiger partial charge in [-0.05, 0) is 68.6 Å². The third kappa shape index (κ3) is 5.71. The summed E-state index contributed by atoms with van der Waals surface area (Å²) in [6.07, 6.45) is 12.6. The van der Waals surface area contributed by atoms with Gasteiger partial charge >= 0.3 is 0 Å². The Morgan fingerprint density at radius 2 is 1.15 bits per heavy atom. The number of carbonyl (C=O) groups is 2. The summed E-state index contributed by atoms with van der Waals surface area (Å²) in [5, 5.41) is 0. The van der Waals surface area contributed by atoms with E-state index in [1.807, 2.05) is 0 Å². The van der Waals surface area contributed by atoms with Crippen LogP contribution in [0.5, 0.6) is 0 Å². The van der Waals surface area contributed by atoms with Crippen molar-refractivity contribution in [1.29, 1.82) is 0 Å². The van der Waals surface area contributed by atoms with Gasteiger partial charge in [-0.3, -0.25) is 9.59 Å². The molecule has 2 amide bonds. The fourth-order valence-electron chi connectivity index (χ4n) is 5.43. The smallest absolute Gasteiger partial charge is 0.223 e. The van der Waals surface area contributed by atoms with Crippen molar-refractivity contribution in [2.45, 2.75) is 90.9 Å². The summed E-state index contributed by atoms with van der Waals surface area (Å²) in [6, 6.07) is 0. The lowest BCUT2D eigenvalue weighted by atomic mass is 9.78. The molecule has 4 nitrogen and oxygen atoms in total. The van der Waals surface area contributed by atoms with E-state index >= 15 is 0 Å². The van der Waals surface area contributed by atoms with Crippen LogP contribution >= 0.6 is 0 Å². The van der Waals surface area contributed by atoms with E-state index in [4.69, 9.17) is 0 Å². The molecule has 3 aliphatic rings. The second-order valence-corrected chi connectivity index (χ2v) is 9.89. The third-order valence-electron chi connectivity index (χ3n) is 7.46. The number of rotatable bonds is 4. The summed E-state index contributed by atoms with van der Waals surface area (Å²) in [7, 11) is 0. The van der Waals surface area contributed by atoms with Crippen LogP contribution < -0.4 is 0 Å². The Bertz CT molecular complexity index is 473. The highest BCUT2D eigenvalue weighted by atomic mass is 16.2. The fraction of sp³-hybridized carbons (Fsp3) is 0.913. The van der Waals surface area contributed by atoms with E-state index < -0.39 is 0 Å². The molecule has 3 rings (SSSR count). The lowest BCUT2D eigenvalue weighted by molar-refractivity contribution is -0.137. The Kier molecular flexibility index (Phi) is 7.22. The van der Waals surface area contributed by atoms with E-state index in [0.717, 1.165) is 76.5 Å². The maximum atomic E-state index is 13.1. The minimum atomic E-state index is -0.0655. The molecule has 0 aromatic carbocycles. The van der Waals surface area contributed by atoms with Gasteiger partial charge in [-0.25, -0.2) is 0 Å². The first kappa shape index (κ1) is 20.7. The molecule has 0 aromatic heterocycles. The van der Waals surface area contributed by atoms with Crippen LogP contribution in [0.3, 0.4) is 0 Å². The predicted molar refractivity (Wildman–Crippen MR) is 109 cm³/mol. The molecule has 4 heteroatoms. The molecule has 0 spiro atoms. The number of carbonyl (C=O) groups excluding carboxylic acids is 2. The van der Waals surface area contributed by atoms with E-state index in [2.05, 4.69) is 23.6 Å². The Balaban J connectivity index is 1.59. The lowest BCUT2D eigenvalue weighted by Gasteiger charge is -2.33. The van der Waals surface area contributed by atoms with Gasteiger partial charge < -0.3 is 9.80 Å². The number of hydrogen-bond donors (Lipinski definition) is 0. The maximum Gasteiger partial charge on any atom is 0.223 e. The van der Waals surface area contributed by atoms with Gasteiger partial charge in [0.1, 0.15) is 0 Å². The molecule has 1 aliphatic carbocycles. The number of likely N-dealkylation sites (tertiary alicyclic amines) is 2. The number of nitrogens with zero attached hydrogens (tertiary/aromatic N) is 2. The molecule has 0 aromatic rings. The van der Waals surface area contributed by atoms with E-state index in [0.29, 0.717) is 24.7 Å². The highest BCUT2D eigenvalue weighted by Crippen LogP contribution is 2.45. The van der Waals surface area contributed by atoms with E-state index in [1.54, 1.807) is 0 Å². The van der Waals surface area contributed by atoms with Crippen LogP contribution in [0.1, 0.15) is 90.9 Å². The minimum Gasteiger partial charge on any atom is -0.343 e. The molecule has 2 aliphatic heterocycles. The fourth-order valence-corrected chi connectivity index (χ4v) is 5.43. The molecule has 1 saturated carbocycles. The predicted octanol–water partition coefficient (Wildman–Crippen LogP) is 4.62. The standard InChI is InChI=1S/C23H40N2O2/c1-19-7-5-13-24(15-9-19)21(26)17-23(11-3-4-12-23)18-22(27)25-14-6-8-20(2)10-16-25/h19-20H,3-18H2,1-2H3/t19-,20+. The molecular weight excluding hydrogens is 336 g/mol. The summed E-state index contributed by atoms with van der Waals surface area (Å²) in [6.45, 7) is 8.25. The first-order valence-electron chi connectivity index (χ1n) is 11.5. The summed E-state index contributed by atoms with van der Waals surface area (Å²) in [4.78, 5) is 30.3. The van der Waals surface area contributed by atoms with Crippen LogP contribution in [0.4, 0.5) is 0 Å². The highest BCUT2D eigenvalue weighted by molar-refractivity contribution is 5.80. The largest absolute Gasteiger partial charge is 0.343 e. The van der Waals surface area contributed by atoms with Crippen LogP contribution in [0.25, 0.3) is 0 Å². The van der Waals surface area contributed by atoms with Crippen LogP contribution in [0, 0.1) is 17.3 Å². The summed E-state index contributed by atoms with van der Waals surface area (Å²) in [5.74, 6) is 2.08. The highest BCUT2D eigenvalue weighted by Gasteiger charge is 2.40. The second kappa shape index (κ2) is 9.43. The van der Waals surface area contributed by atoms with Gasteiger partial charge in [0.2, 0.25) is 11.8 Å². The third-order valence-corrected chi connectivity index (χ3v) is 7.46. The van der Waals surface area contributed by atoms with Crippen LogP contribution in [-0.2, 0) is 9.59 Å². The Morgan fingerprint density at radius 1 is 0.704 bits per heavy atom. The van der Waals surface area contributed by atoms with E-state index in [1.165, 1.54) is 25.7 Å². The van der Waals surface area contributed by atoms with Crippen LogP contribution in [0.15, 0.2) is 0 Å². The zero-order valence-electron chi connectivity index (χ0n) is 17.7. The molecule has 154 valence electrons. The van der Waals surface area contributed by atoms with Crippen LogP contribution in [0.2, 0.25) is 0 Å². The number of amides is 2. The minimum absolute atomic E-state index is 0.0655. The Labute approximate surface area is 166 Å². The SMILES string of the molecule is C[C@@H]1CCCN(C(=O)CC2(CC(=O)N3CCC[C@H](C)CC3)CCCC2)CC1. The Hall–Kier alpha value is -1.06. The van der Waals surface area contributed by atoms with E-state index in [-0.39, 0.29) is 5.41 Å². The molecule has 2 saturated heterocycles. The van der Waals surface area contributed by atoms with Crippen molar-refractivity contribution in [3.05, 3.63) is 0 Å². The van der Waals surface area contributed by atoms with Crippen molar-refractivity contribution in [3.63, 3.8) is 0 Å². The van der Waals surface area contributed by atoms with Gasteiger partial charge in [0, 0.05) is 39.0 Å². The van der Waals surface area contributed by atoms with Gasteiger partial charge in [0.05, 0.1) is 0 Å². The monoisotopic (exact) mass is 376 g/mol. The number of hydrogen-bond acceptors (Lipinski definition) is 2. The second-order valence-electron chi connectivity index (χ2n) is 9.89. The first-order chi connectivity index (χ1) is 13.0. The molecule has 2 heterocycles. The Morgan fingerprint density at radius 3 is 1.59 bits per heavy atom. The van der Waals surface area contributed by atoms with Crippen molar-refractivity contribution in [2.24, 2.45) is 17.3 Å². The van der Waals surface area contributed by atoms with Gasteiger partial charge in [-0.15, -0.1) is 0 Å². The van der Waals surface area contributed by atoms with Crippen molar-refractivity contribution in [3.8, 4) is 0 Å². The molecule has 3 fully saturated rings.